The molecule has 0 spiro atoms. The SMILES string of the molecule is CCN(CC)C(=O)CNc1c(C#N)cccc1OC. The average molecular weight is 261 g/mol. The van der Waals surface area contributed by atoms with Crippen molar-refractivity contribution in [3.63, 3.8) is 0 Å². The Bertz CT molecular complexity index is 476. The number of carbonyl (C=O) groups excluding carboxylic acids is 1. The smallest absolute Gasteiger partial charge is 0.241 e. The number of methoxy groups -OCH3 is 1. The van der Waals surface area contributed by atoms with E-state index >= 15 is 0 Å². The molecule has 0 saturated carbocycles. The molecule has 1 N–H and O–H groups in total. The lowest BCUT2D eigenvalue weighted by atomic mass is 10.1. The summed E-state index contributed by atoms with van der Waals surface area (Å²) in [6.07, 6.45) is 0. The predicted molar refractivity (Wildman–Crippen MR) is 74.1 cm³/mol. The lowest BCUT2D eigenvalue weighted by molar-refractivity contribution is -0.128. The van der Waals surface area contributed by atoms with Crippen molar-refractivity contribution in [3.05, 3.63) is 23.8 Å². The van der Waals surface area contributed by atoms with Crippen LogP contribution in [-0.4, -0.2) is 37.6 Å². The van der Waals surface area contributed by atoms with Crippen molar-refractivity contribution in [3.8, 4) is 11.8 Å². The highest BCUT2D eigenvalue weighted by Gasteiger charge is 2.13. The van der Waals surface area contributed by atoms with Gasteiger partial charge in [0, 0.05) is 13.1 Å². The Morgan fingerprint density at radius 3 is 2.63 bits per heavy atom. The second-order valence-corrected chi connectivity index (χ2v) is 3.91. The molecule has 0 unspecified atom stereocenters. The van der Waals surface area contributed by atoms with E-state index in [4.69, 9.17) is 10.00 Å². The third-order valence-electron chi connectivity index (χ3n) is 2.90. The largest absolute Gasteiger partial charge is 0.495 e. The van der Waals surface area contributed by atoms with Crippen LogP contribution >= 0.6 is 0 Å². The van der Waals surface area contributed by atoms with Crippen LogP contribution in [0.15, 0.2) is 18.2 Å². The Morgan fingerprint density at radius 2 is 2.11 bits per heavy atom. The maximum Gasteiger partial charge on any atom is 0.241 e. The Balaban J connectivity index is 2.83. The molecule has 19 heavy (non-hydrogen) atoms. The highest BCUT2D eigenvalue weighted by Crippen LogP contribution is 2.27. The van der Waals surface area contributed by atoms with Gasteiger partial charge in [-0.1, -0.05) is 6.07 Å². The van der Waals surface area contributed by atoms with Crippen molar-refractivity contribution < 1.29 is 9.53 Å². The molecule has 0 atom stereocenters. The van der Waals surface area contributed by atoms with Crippen LogP contribution in [0.5, 0.6) is 5.75 Å². The Labute approximate surface area is 113 Å². The topological polar surface area (TPSA) is 65.4 Å². The average Bonchev–Trinajstić information content (AvgIpc) is 2.45. The Hall–Kier alpha value is -2.22. The molecule has 0 aliphatic rings. The number of amides is 1. The molecular formula is C14H19N3O2. The molecule has 1 aromatic carbocycles. The molecule has 0 aromatic heterocycles. The van der Waals surface area contributed by atoms with Crippen LogP contribution in [-0.2, 0) is 4.79 Å². The second kappa shape index (κ2) is 7.27. The number of nitrogens with zero attached hydrogens (tertiary/aromatic N) is 2. The minimum Gasteiger partial charge on any atom is -0.495 e. The molecule has 1 rings (SSSR count). The fraction of sp³-hybridized carbons (Fsp3) is 0.429. The summed E-state index contributed by atoms with van der Waals surface area (Å²) in [6, 6.07) is 7.27. The molecule has 0 radical (unpaired) electrons. The van der Waals surface area contributed by atoms with Gasteiger partial charge in [-0.05, 0) is 26.0 Å². The maximum absolute atomic E-state index is 11.9. The van der Waals surface area contributed by atoms with E-state index in [0.29, 0.717) is 30.1 Å². The van der Waals surface area contributed by atoms with Crippen LogP contribution < -0.4 is 10.1 Å². The Morgan fingerprint density at radius 1 is 1.42 bits per heavy atom. The summed E-state index contributed by atoms with van der Waals surface area (Å²) >= 11 is 0. The van der Waals surface area contributed by atoms with Crippen molar-refractivity contribution in [1.82, 2.24) is 4.90 Å². The zero-order valence-electron chi connectivity index (χ0n) is 11.6. The van der Waals surface area contributed by atoms with Crippen LogP contribution in [0.25, 0.3) is 0 Å². The highest BCUT2D eigenvalue weighted by atomic mass is 16.5. The number of anilines is 1. The summed E-state index contributed by atoms with van der Waals surface area (Å²) in [4.78, 5) is 13.6. The van der Waals surface area contributed by atoms with Crippen molar-refractivity contribution in [2.24, 2.45) is 0 Å². The van der Waals surface area contributed by atoms with Crippen LogP contribution in [0, 0.1) is 11.3 Å². The number of nitriles is 1. The molecule has 5 heteroatoms. The molecule has 0 bridgehead atoms. The molecule has 0 aliphatic heterocycles. The number of hydrogen-bond donors (Lipinski definition) is 1. The first-order valence-electron chi connectivity index (χ1n) is 6.26. The Kier molecular flexibility index (Phi) is 5.68. The quantitative estimate of drug-likeness (QED) is 0.848. The summed E-state index contributed by atoms with van der Waals surface area (Å²) in [5.41, 5.74) is 1.03. The summed E-state index contributed by atoms with van der Waals surface area (Å²) < 4.78 is 5.19. The molecule has 0 heterocycles. The van der Waals surface area contributed by atoms with E-state index in [2.05, 4.69) is 11.4 Å². The minimum absolute atomic E-state index is 0.000189. The van der Waals surface area contributed by atoms with Gasteiger partial charge < -0.3 is 15.0 Å². The summed E-state index contributed by atoms with van der Waals surface area (Å²) in [7, 11) is 1.54. The number of para-hydroxylation sites is 1. The monoisotopic (exact) mass is 261 g/mol. The minimum atomic E-state index is -0.000189. The number of likely N-dealkylation sites (N-methyl/N-ethyl adjacent to an activating group) is 1. The molecule has 102 valence electrons. The number of nitrogens with one attached hydrogen (secondary N) is 1. The van der Waals surface area contributed by atoms with E-state index < -0.39 is 0 Å². The van der Waals surface area contributed by atoms with Gasteiger partial charge in [-0.15, -0.1) is 0 Å². The maximum atomic E-state index is 11.9. The molecule has 0 fully saturated rings. The zero-order valence-corrected chi connectivity index (χ0v) is 11.6. The molecule has 1 aromatic rings. The third kappa shape index (κ3) is 3.62. The number of benzene rings is 1. The van der Waals surface area contributed by atoms with Gasteiger partial charge in [-0.3, -0.25) is 4.79 Å². The fourth-order valence-electron chi connectivity index (χ4n) is 1.83. The zero-order chi connectivity index (χ0) is 14.3. The summed E-state index contributed by atoms with van der Waals surface area (Å²) in [6.45, 7) is 5.37. The lowest BCUT2D eigenvalue weighted by Gasteiger charge is -2.20. The van der Waals surface area contributed by atoms with Crippen molar-refractivity contribution in [2.45, 2.75) is 13.8 Å². The normalized spacial score (nSPS) is 9.58. The first-order chi connectivity index (χ1) is 9.17. The van der Waals surface area contributed by atoms with Gasteiger partial charge in [0.05, 0.1) is 24.9 Å². The van der Waals surface area contributed by atoms with Gasteiger partial charge in [-0.2, -0.15) is 5.26 Å². The molecule has 1 amide bonds. The number of rotatable bonds is 6. The molecule has 0 saturated heterocycles. The number of hydrogen-bond acceptors (Lipinski definition) is 4. The number of carbonyl (C=O) groups is 1. The number of ether oxygens (including phenoxy) is 1. The van der Waals surface area contributed by atoms with E-state index in [0.717, 1.165) is 0 Å². The third-order valence-corrected chi connectivity index (χ3v) is 2.90. The van der Waals surface area contributed by atoms with Crippen LogP contribution in [0.1, 0.15) is 19.4 Å². The van der Waals surface area contributed by atoms with Crippen LogP contribution in [0.3, 0.4) is 0 Å². The highest BCUT2D eigenvalue weighted by molar-refractivity contribution is 5.82. The van der Waals surface area contributed by atoms with Crippen molar-refractivity contribution in [1.29, 1.82) is 5.26 Å². The fourth-order valence-corrected chi connectivity index (χ4v) is 1.83. The standard InChI is InChI=1S/C14H19N3O2/c1-4-17(5-2)13(18)10-16-14-11(9-15)7-6-8-12(14)19-3/h6-8,16H,4-5,10H2,1-3H3. The first kappa shape index (κ1) is 14.8. The first-order valence-corrected chi connectivity index (χ1v) is 6.26. The van der Waals surface area contributed by atoms with Gasteiger partial charge >= 0.3 is 0 Å². The van der Waals surface area contributed by atoms with Crippen LogP contribution in [0.4, 0.5) is 5.69 Å². The van der Waals surface area contributed by atoms with E-state index in [1.807, 2.05) is 13.8 Å². The van der Waals surface area contributed by atoms with Crippen molar-refractivity contribution in [2.75, 3.05) is 32.1 Å². The van der Waals surface area contributed by atoms with Gasteiger partial charge in [0.25, 0.3) is 0 Å². The van der Waals surface area contributed by atoms with E-state index in [-0.39, 0.29) is 12.5 Å². The lowest BCUT2D eigenvalue weighted by Crippen LogP contribution is -2.35. The van der Waals surface area contributed by atoms with Gasteiger partial charge in [0.1, 0.15) is 11.8 Å². The van der Waals surface area contributed by atoms with Gasteiger partial charge in [-0.25, -0.2) is 0 Å². The van der Waals surface area contributed by atoms with E-state index in [9.17, 15) is 4.79 Å². The predicted octanol–water partition coefficient (Wildman–Crippen LogP) is 1.85. The van der Waals surface area contributed by atoms with Crippen LogP contribution in [0.2, 0.25) is 0 Å². The van der Waals surface area contributed by atoms with Gasteiger partial charge in [0.2, 0.25) is 5.91 Å². The van der Waals surface area contributed by atoms with Gasteiger partial charge in [0.15, 0.2) is 0 Å². The van der Waals surface area contributed by atoms with E-state index in [1.54, 1.807) is 23.1 Å². The molecule has 0 aliphatic carbocycles. The molecular weight excluding hydrogens is 242 g/mol. The van der Waals surface area contributed by atoms with Crippen molar-refractivity contribution >= 4 is 11.6 Å². The second-order valence-electron chi connectivity index (χ2n) is 3.91. The molecule has 5 nitrogen and oxygen atoms in total. The summed E-state index contributed by atoms with van der Waals surface area (Å²) in [5, 5.41) is 12.1. The van der Waals surface area contributed by atoms with E-state index in [1.165, 1.54) is 7.11 Å². The summed E-state index contributed by atoms with van der Waals surface area (Å²) in [5.74, 6) is 0.561.